The van der Waals surface area contributed by atoms with Gasteiger partial charge in [0.25, 0.3) is 0 Å². The molecule has 2 aliphatic heterocycles. The first-order valence-corrected chi connectivity index (χ1v) is 6.17. The van der Waals surface area contributed by atoms with Crippen molar-refractivity contribution in [3.05, 3.63) is 0 Å². The molecule has 2 bridgehead atoms. The maximum Gasteiger partial charge on any atom is 0.332 e. The smallest absolute Gasteiger partial charge is 0.332 e. The summed E-state index contributed by atoms with van der Waals surface area (Å²) in [5.74, 6) is -1.28. The lowest BCUT2D eigenvalue weighted by atomic mass is 9.96. The molecule has 102 valence electrons. The SMILES string of the molecule is O=C(NCC[C@H](O)C(=O)O)NC1CC2CCC1O2. The summed E-state index contributed by atoms with van der Waals surface area (Å²) in [6, 6.07) is -0.290. The molecule has 0 spiro atoms. The van der Waals surface area contributed by atoms with Crippen molar-refractivity contribution < 1.29 is 24.5 Å². The molecule has 2 fully saturated rings. The third kappa shape index (κ3) is 3.11. The van der Waals surface area contributed by atoms with Crippen LogP contribution in [0, 0.1) is 0 Å². The molecule has 0 radical (unpaired) electrons. The summed E-state index contributed by atoms with van der Waals surface area (Å²) in [5.41, 5.74) is 0. The predicted octanol–water partition coefficient (Wildman–Crippen LogP) is -0.559. The highest BCUT2D eigenvalue weighted by Gasteiger charge is 2.41. The van der Waals surface area contributed by atoms with Gasteiger partial charge in [-0.1, -0.05) is 0 Å². The fourth-order valence-electron chi connectivity index (χ4n) is 2.46. The number of carbonyl (C=O) groups excluding carboxylic acids is 1. The van der Waals surface area contributed by atoms with Crippen LogP contribution in [-0.2, 0) is 9.53 Å². The molecule has 2 heterocycles. The number of urea groups is 1. The van der Waals surface area contributed by atoms with Gasteiger partial charge in [0, 0.05) is 13.0 Å². The van der Waals surface area contributed by atoms with Crippen LogP contribution in [0.5, 0.6) is 0 Å². The molecule has 7 nitrogen and oxygen atoms in total. The number of carboxylic acids is 1. The highest BCUT2D eigenvalue weighted by molar-refractivity contribution is 5.75. The third-order valence-electron chi connectivity index (χ3n) is 3.41. The maximum atomic E-state index is 11.5. The van der Waals surface area contributed by atoms with Crippen LogP contribution >= 0.6 is 0 Å². The second kappa shape index (κ2) is 5.53. The predicted molar refractivity (Wildman–Crippen MR) is 61.1 cm³/mol. The summed E-state index contributed by atoms with van der Waals surface area (Å²) in [6.07, 6.45) is 1.84. The second-order valence-corrected chi connectivity index (χ2v) is 4.76. The molecule has 0 aliphatic carbocycles. The Morgan fingerprint density at radius 3 is 2.72 bits per heavy atom. The summed E-state index contributed by atoms with van der Waals surface area (Å²) >= 11 is 0. The van der Waals surface area contributed by atoms with Gasteiger partial charge in [-0.3, -0.25) is 0 Å². The van der Waals surface area contributed by atoms with Gasteiger partial charge < -0.3 is 25.6 Å². The molecule has 2 aliphatic rings. The van der Waals surface area contributed by atoms with Crippen LogP contribution < -0.4 is 10.6 Å². The number of amides is 2. The first kappa shape index (κ1) is 13.1. The summed E-state index contributed by atoms with van der Waals surface area (Å²) in [6.45, 7) is 0.126. The molecular weight excluding hydrogens is 240 g/mol. The zero-order valence-electron chi connectivity index (χ0n) is 9.96. The maximum absolute atomic E-state index is 11.5. The minimum atomic E-state index is -1.43. The average molecular weight is 258 g/mol. The number of aliphatic hydroxyl groups excluding tert-OH is 1. The van der Waals surface area contributed by atoms with Crippen molar-refractivity contribution in [1.29, 1.82) is 0 Å². The molecule has 18 heavy (non-hydrogen) atoms. The molecule has 2 rings (SSSR count). The quantitative estimate of drug-likeness (QED) is 0.529. The van der Waals surface area contributed by atoms with Gasteiger partial charge >= 0.3 is 12.0 Å². The Morgan fingerprint density at radius 2 is 2.17 bits per heavy atom. The number of hydrogen-bond donors (Lipinski definition) is 4. The van der Waals surface area contributed by atoms with Crippen LogP contribution in [0.25, 0.3) is 0 Å². The Morgan fingerprint density at radius 1 is 1.39 bits per heavy atom. The Labute approximate surface area is 105 Å². The highest BCUT2D eigenvalue weighted by atomic mass is 16.5. The normalized spacial score (nSPS) is 31.1. The molecule has 3 unspecified atom stereocenters. The zero-order chi connectivity index (χ0) is 13.1. The van der Waals surface area contributed by atoms with Crippen LogP contribution in [0.4, 0.5) is 4.79 Å². The van der Waals surface area contributed by atoms with E-state index < -0.39 is 12.1 Å². The molecule has 0 aromatic rings. The molecule has 4 atom stereocenters. The van der Waals surface area contributed by atoms with Crippen LogP contribution in [0.3, 0.4) is 0 Å². The standard InChI is InChI=1S/C11H18N2O5/c14-8(10(15)16)3-4-12-11(17)13-7-5-6-1-2-9(7)18-6/h6-9,14H,1-5H2,(H,15,16)(H2,12,13,17)/t6?,7?,8-,9?/m0/s1. The lowest BCUT2D eigenvalue weighted by molar-refractivity contribution is -0.146. The van der Waals surface area contributed by atoms with Crippen LogP contribution in [-0.4, -0.2) is 53.1 Å². The van der Waals surface area contributed by atoms with E-state index in [0.717, 1.165) is 19.3 Å². The molecule has 0 saturated carbocycles. The lowest BCUT2D eigenvalue weighted by Crippen LogP contribution is -2.47. The second-order valence-electron chi connectivity index (χ2n) is 4.76. The van der Waals surface area contributed by atoms with Crippen LogP contribution in [0.2, 0.25) is 0 Å². The number of aliphatic hydroxyl groups is 1. The Hall–Kier alpha value is -1.34. The van der Waals surface area contributed by atoms with E-state index in [9.17, 15) is 9.59 Å². The van der Waals surface area contributed by atoms with E-state index in [4.69, 9.17) is 14.9 Å². The summed E-state index contributed by atoms with van der Waals surface area (Å²) < 4.78 is 5.60. The van der Waals surface area contributed by atoms with Gasteiger partial charge in [0.1, 0.15) is 0 Å². The highest BCUT2D eigenvalue weighted by Crippen LogP contribution is 2.34. The molecule has 0 aromatic carbocycles. The van der Waals surface area contributed by atoms with Crippen molar-refractivity contribution >= 4 is 12.0 Å². The topological polar surface area (TPSA) is 108 Å². The molecule has 4 N–H and O–H groups in total. The third-order valence-corrected chi connectivity index (χ3v) is 3.41. The van der Waals surface area contributed by atoms with Crippen molar-refractivity contribution in [2.45, 2.75) is 50.0 Å². The van der Waals surface area contributed by atoms with Gasteiger partial charge in [0.15, 0.2) is 6.10 Å². The molecule has 7 heteroatoms. The van der Waals surface area contributed by atoms with Gasteiger partial charge in [-0.05, 0) is 19.3 Å². The number of fused-ring (bicyclic) bond motifs is 2. The lowest BCUT2D eigenvalue weighted by Gasteiger charge is -2.20. The van der Waals surface area contributed by atoms with Crippen molar-refractivity contribution in [3.63, 3.8) is 0 Å². The van der Waals surface area contributed by atoms with E-state index in [1.165, 1.54) is 0 Å². The van der Waals surface area contributed by atoms with Crippen LogP contribution in [0.1, 0.15) is 25.7 Å². The average Bonchev–Trinajstić information content (AvgIpc) is 2.90. The zero-order valence-corrected chi connectivity index (χ0v) is 9.96. The number of rotatable bonds is 5. The van der Waals surface area contributed by atoms with E-state index in [0.29, 0.717) is 0 Å². The van der Waals surface area contributed by atoms with Crippen molar-refractivity contribution in [1.82, 2.24) is 10.6 Å². The van der Waals surface area contributed by atoms with Crippen molar-refractivity contribution in [2.75, 3.05) is 6.54 Å². The number of hydrogen-bond acceptors (Lipinski definition) is 4. The van der Waals surface area contributed by atoms with Crippen molar-refractivity contribution in [3.8, 4) is 0 Å². The first-order chi connectivity index (χ1) is 8.56. The number of carbonyl (C=O) groups is 2. The largest absolute Gasteiger partial charge is 0.479 e. The summed E-state index contributed by atoms with van der Waals surface area (Å²) in [5, 5.41) is 22.8. The van der Waals surface area contributed by atoms with Gasteiger partial charge in [0.05, 0.1) is 18.2 Å². The fraction of sp³-hybridized carbons (Fsp3) is 0.818. The molecule has 2 saturated heterocycles. The van der Waals surface area contributed by atoms with Gasteiger partial charge in [-0.25, -0.2) is 9.59 Å². The number of aliphatic carboxylic acids is 1. The number of nitrogens with one attached hydrogen (secondary N) is 2. The van der Waals surface area contributed by atoms with Gasteiger partial charge in [-0.2, -0.15) is 0 Å². The minimum Gasteiger partial charge on any atom is -0.479 e. The van der Waals surface area contributed by atoms with Crippen molar-refractivity contribution in [2.24, 2.45) is 0 Å². The Balaban J connectivity index is 1.62. The summed E-state index contributed by atoms with van der Waals surface area (Å²) in [7, 11) is 0. The van der Waals surface area contributed by atoms with E-state index in [1.54, 1.807) is 0 Å². The number of ether oxygens (including phenoxy) is 1. The van der Waals surface area contributed by atoms with E-state index in [1.807, 2.05) is 0 Å². The van der Waals surface area contributed by atoms with E-state index in [2.05, 4.69) is 10.6 Å². The van der Waals surface area contributed by atoms with Gasteiger partial charge in [0.2, 0.25) is 0 Å². The van der Waals surface area contributed by atoms with Gasteiger partial charge in [-0.15, -0.1) is 0 Å². The monoisotopic (exact) mass is 258 g/mol. The summed E-state index contributed by atoms with van der Waals surface area (Å²) in [4.78, 5) is 21.9. The minimum absolute atomic E-state index is 0.00399. The number of carboxylic acid groups (broad SMARTS) is 1. The Bertz CT molecular complexity index is 335. The van der Waals surface area contributed by atoms with E-state index >= 15 is 0 Å². The first-order valence-electron chi connectivity index (χ1n) is 6.17. The molecule has 0 aromatic heterocycles. The Kier molecular flexibility index (Phi) is 4.03. The van der Waals surface area contributed by atoms with E-state index in [-0.39, 0.29) is 37.2 Å². The molecule has 2 amide bonds. The molecular formula is C11H18N2O5. The fourth-order valence-corrected chi connectivity index (χ4v) is 2.46. The van der Waals surface area contributed by atoms with Crippen LogP contribution in [0.15, 0.2) is 0 Å².